The van der Waals surface area contributed by atoms with Crippen LogP contribution in [0.1, 0.15) is 0 Å². The van der Waals surface area contributed by atoms with Crippen molar-refractivity contribution < 1.29 is 53.1 Å². The maximum absolute atomic E-state index is 7.88. The summed E-state index contributed by atoms with van der Waals surface area (Å²) in [5.74, 6) is 0. The zero-order valence-corrected chi connectivity index (χ0v) is 5.54. The molecule has 0 atom stereocenters. The summed E-state index contributed by atoms with van der Waals surface area (Å²) in [6.45, 7) is 0. The van der Waals surface area contributed by atoms with Gasteiger partial charge in [-0.15, -0.1) is 0 Å². The van der Waals surface area contributed by atoms with Crippen molar-refractivity contribution in [2.75, 3.05) is 0 Å². The first-order valence-electron chi connectivity index (χ1n) is 0.129. The van der Waals surface area contributed by atoms with Crippen LogP contribution in [-0.4, -0.2) is 18.9 Å². The Hall–Kier alpha value is 1.92. The molecule has 0 aliphatic carbocycles. The fourth-order valence-corrected chi connectivity index (χ4v) is 0. The summed E-state index contributed by atoms with van der Waals surface area (Å²) in [6.07, 6.45) is 0. The molecule has 0 fully saturated rings. The van der Waals surface area contributed by atoms with Crippen molar-refractivity contribution in [1.82, 2.24) is 0 Å². The van der Waals surface area contributed by atoms with Gasteiger partial charge in [-0.05, 0) is 0 Å². The average molecular weight is 196 g/mol. The van der Waals surface area contributed by atoms with Gasteiger partial charge in [-0.2, -0.15) is 0 Å². The zero-order chi connectivity index (χ0) is 2.00. The Kier molecular flexibility index (Phi) is 222. The van der Waals surface area contributed by atoms with E-state index in [1.54, 1.807) is 0 Å². The average Bonchev–Trinajstić information content (AvgIpc) is 1.00. The van der Waals surface area contributed by atoms with Gasteiger partial charge in [0.2, 0.25) is 0 Å². The van der Waals surface area contributed by atoms with Gasteiger partial charge in [-0.3, -0.25) is 0 Å². The first-order chi connectivity index (χ1) is 1.00. The van der Waals surface area contributed by atoms with Crippen molar-refractivity contribution in [1.29, 1.82) is 0 Å². The molecule has 0 N–H and O–H groups in total. The van der Waals surface area contributed by atoms with Gasteiger partial charge < -0.3 is 0 Å². The van der Waals surface area contributed by atoms with Crippen LogP contribution in [0, 0.1) is 0 Å². The van der Waals surface area contributed by atoms with E-state index in [0.29, 0.717) is 0 Å². The zero-order valence-electron chi connectivity index (χ0n) is 2.41. The molecule has 0 aromatic heterocycles. The molecule has 0 bridgehead atoms. The second kappa shape index (κ2) is 38.9. The Morgan fingerprint density at radius 2 is 1.20 bits per heavy atom. The van der Waals surface area contributed by atoms with Gasteiger partial charge in [0.1, 0.15) is 0 Å². The number of hydrogen-bond acceptors (Lipinski definition) is 1. The van der Waals surface area contributed by atoms with Crippen LogP contribution in [0.2, 0.25) is 0 Å². The van der Waals surface area contributed by atoms with Crippen molar-refractivity contribution >= 4 is 18.9 Å². The van der Waals surface area contributed by atoms with Crippen LogP contribution in [0.25, 0.3) is 0 Å². The summed E-state index contributed by atoms with van der Waals surface area (Å²) in [5.41, 5.74) is 0. The molecule has 5 heteroatoms. The summed E-state index contributed by atoms with van der Waals surface area (Å²) < 4.78 is 7.88. The van der Waals surface area contributed by atoms with Crippen LogP contribution in [0.4, 0.5) is 0 Å². The van der Waals surface area contributed by atoms with Crippen molar-refractivity contribution in [3.63, 3.8) is 0 Å². The van der Waals surface area contributed by atoms with Gasteiger partial charge in [0.25, 0.3) is 0 Å². The predicted octanol–water partition coefficient (Wildman–Crippen LogP) is -0.507. The number of hydrogen-bond donors (Lipinski definition) is 0. The molecule has 2 radical (unpaired) electrons. The van der Waals surface area contributed by atoms with Gasteiger partial charge in [-0.1, -0.05) is 0 Å². The van der Waals surface area contributed by atoms with E-state index in [4.69, 9.17) is 3.90 Å². The minimum absolute atomic E-state index is 0. The fraction of sp³-hybridized carbons (Fsp3) is 0. The second-order valence-corrected chi connectivity index (χ2v) is 0. The molecule has 0 heterocycles. The summed E-state index contributed by atoms with van der Waals surface area (Å²) >= 11 is 2.62. The minimum atomic E-state index is 0. The number of rotatable bonds is 0. The normalized spacial score (nSPS) is 1.20. The molecule has 0 amide bonds. The van der Waals surface area contributed by atoms with Gasteiger partial charge in [0.15, 0.2) is 0 Å². The van der Waals surface area contributed by atoms with Crippen molar-refractivity contribution in [3.05, 3.63) is 0 Å². The Labute approximate surface area is 71.4 Å². The quantitative estimate of drug-likeness (QED) is 0.477. The molecular formula is CoFeLiNiO. The summed E-state index contributed by atoms with van der Waals surface area (Å²) in [4.78, 5) is 0. The van der Waals surface area contributed by atoms with E-state index in [9.17, 15) is 0 Å². The second-order valence-electron chi connectivity index (χ2n) is 0. The van der Waals surface area contributed by atoms with Crippen LogP contribution < -0.4 is 0 Å². The van der Waals surface area contributed by atoms with Gasteiger partial charge in [-0.25, -0.2) is 0 Å². The molecule has 5 heavy (non-hydrogen) atoms. The topological polar surface area (TPSA) is 17.1 Å². The Morgan fingerprint density at radius 1 is 1.20 bits per heavy atom. The molecule has 0 aromatic carbocycles. The Balaban J connectivity index is -0.00000000167. The van der Waals surface area contributed by atoms with E-state index in [-0.39, 0.29) is 52.7 Å². The third kappa shape index (κ3) is 24.7. The molecular weight excluding hydrogens is 196 g/mol. The molecule has 0 unspecified atom stereocenters. The first-order valence-corrected chi connectivity index (χ1v) is 0.532. The Bertz CT molecular complexity index is 11.6. The van der Waals surface area contributed by atoms with Crippen molar-refractivity contribution in [3.8, 4) is 0 Å². The molecule has 0 saturated heterocycles. The van der Waals surface area contributed by atoms with Crippen LogP contribution in [0.5, 0.6) is 0 Å². The Morgan fingerprint density at radius 3 is 1.20 bits per heavy atom. The molecule has 0 rings (SSSR count). The standard InChI is InChI=1S/Co.Fe.Li.Ni.O. The van der Waals surface area contributed by atoms with Crippen LogP contribution in [-0.2, 0) is 53.1 Å². The van der Waals surface area contributed by atoms with E-state index in [2.05, 4.69) is 15.4 Å². The first kappa shape index (κ1) is 28.5. The molecule has 0 aromatic rings. The monoisotopic (exact) mass is 196 g/mol. The van der Waals surface area contributed by atoms with Gasteiger partial charge in [0, 0.05) is 52.7 Å². The molecule has 1 nitrogen and oxygen atoms in total. The predicted molar refractivity (Wildman–Crippen MR) is 6.44 cm³/mol. The summed E-state index contributed by atoms with van der Waals surface area (Å²) in [5, 5.41) is 0. The summed E-state index contributed by atoms with van der Waals surface area (Å²) in [6, 6.07) is 0. The third-order valence-corrected chi connectivity index (χ3v) is 0. The van der Waals surface area contributed by atoms with Gasteiger partial charge >= 0.3 is 19.3 Å². The molecule has 0 saturated carbocycles. The molecule has 0 aliphatic rings. The van der Waals surface area contributed by atoms with Crippen LogP contribution in [0.15, 0.2) is 0 Å². The fourth-order valence-electron chi connectivity index (χ4n) is 0. The van der Waals surface area contributed by atoms with E-state index >= 15 is 0 Å². The van der Waals surface area contributed by atoms with Crippen molar-refractivity contribution in [2.45, 2.75) is 0 Å². The van der Waals surface area contributed by atoms with E-state index in [0.717, 1.165) is 0 Å². The molecule has 34 valence electrons. The van der Waals surface area contributed by atoms with Crippen LogP contribution >= 0.6 is 0 Å². The molecule has 0 spiro atoms. The van der Waals surface area contributed by atoms with Crippen LogP contribution in [0.3, 0.4) is 0 Å². The molecule has 0 aliphatic heterocycles. The van der Waals surface area contributed by atoms with Gasteiger partial charge in [0.05, 0.1) is 0 Å². The SMILES string of the molecule is [Co].[Fe].[Li].[O]=[Ni]. The maximum atomic E-state index is 7.88. The van der Waals surface area contributed by atoms with E-state index in [1.807, 2.05) is 0 Å². The third-order valence-electron chi connectivity index (χ3n) is 0. The van der Waals surface area contributed by atoms with Crippen molar-refractivity contribution in [2.24, 2.45) is 0 Å². The van der Waals surface area contributed by atoms with E-state index < -0.39 is 0 Å². The summed E-state index contributed by atoms with van der Waals surface area (Å²) in [7, 11) is 0. The van der Waals surface area contributed by atoms with E-state index in [1.165, 1.54) is 0 Å².